The highest BCUT2D eigenvalue weighted by Gasteiger charge is 2.43. The van der Waals surface area contributed by atoms with E-state index in [0.29, 0.717) is 0 Å². The summed E-state index contributed by atoms with van der Waals surface area (Å²) in [4.78, 5) is 4.99. The van der Waals surface area contributed by atoms with Crippen molar-refractivity contribution in [3.05, 3.63) is 0 Å². The predicted octanol–water partition coefficient (Wildman–Crippen LogP) is -1.64. The second-order valence-electron chi connectivity index (χ2n) is 3.60. The van der Waals surface area contributed by atoms with E-state index in [1.54, 1.807) is 0 Å². The molecular formula is C8H17NO5. The summed E-state index contributed by atoms with van der Waals surface area (Å²) < 4.78 is 5.05. The molecule has 1 fully saturated rings. The number of rotatable bonds is 4. The smallest absolute Gasteiger partial charge is 0.206 e. The van der Waals surface area contributed by atoms with Crippen LogP contribution in [-0.4, -0.2) is 52.6 Å². The van der Waals surface area contributed by atoms with Gasteiger partial charge >= 0.3 is 0 Å². The molecule has 1 saturated heterocycles. The van der Waals surface area contributed by atoms with Gasteiger partial charge in [-0.05, 0) is 13.8 Å². The van der Waals surface area contributed by atoms with Crippen molar-refractivity contribution in [3.8, 4) is 0 Å². The van der Waals surface area contributed by atoms with Gasteiger partial charge in [-0.1, -0.05) is 0 Å². The van der Waals surface area contributed by atoms with Crippen LogP contribution < -0.4 is 5.48 Å². The fourth-order valence-corrected chi connectivity index (χ4v) is 1.17. The first kappa shape index (κ1) is 11.8. The zero-order chi connectivity index (χ0) is 10.7. The third kappa shape index (κ3) is 2.63. The number of hydroxylamine groups is 1. The second-order valence-corrected chi connectivity index (χ2v) is 3.60. The van der Waals surface area contributed by atoms with E-state index in [1.165, 1.54) is 0 Å². The molecule has 1 unspecified atom stereocenters. The molecule has 1 aliphatic rings. The summed E-state index contributed by atoms with van der Waals surface area (Å²) in [6, 6.07) is 0.0797. The zero-order valence-electron chi connectivity index (χ0n) is 8.25. The van der Waals surface area contributed by atoms with E-state index in [1.807, 2.05) is 13.8 Å². The van der Waals surface area contributed by atoms with Gasteiger partial charge in [-0.3, -0.25) is 4.84 Å². The monoisotopic (exact) mass is 207 g/mol. The van der Waals surface area contributed by atoms with Crippen LogP contribution in [0.15, 0.2) is 0 Å². The fourth-order valence-electron chi connectivity index (χ4n) is 1.17. The third-order valence-corrected chi connectivity index (χ3v) is 1.92. The van der Waals surface area contributed by atoms with E-state index >= 15 is 0 Å². The number of ether oxygens (including phenoxy) is 1. The van der Waals surface area contributed by atoms with Gasteiger partial charge in [0.1, 0.15) is 18.3 Å². The van der Waals surface area contributed by atoms with Crippen LogP contribution in [0.3, 0.4) is 0 Å². The Morgan fingerprint density at radius 2 is 2.00 bits per heavy atom. The van der Waals surface area contributed by atoms with Gasteiger partial charge in [0.25, 0.3) is 0 Å². The van der Waals surface area contributed by atoms with Gasteiger partial charge in [-0.25, -0.2) is 0 Å². The van der Waals surface area contributed by atoms with Gasteiger partial charge < -0.3 is 20.1 Å². The molecule has 0 saturated carbocycles. The van der Waals surface area contributed by atoms with E-state index in [2.05, 4.69) is 5.48 Å². The molecule has 0 aromatic rings. The maximum atomic E-state index is 9.42. The van der Waals surface area contributed by atoms with Crippen LogP contribution in [0.5, 0.6) is 0 Å². The standard InChI is InChI=1S/C8H17NO5/c1-4(2)9-14-8-7(12)6(11)5(3-10)13-8/h4-12H,3H2,1-2H3/t5-,6+,7-,8?/m1/s1. The molecule has 0 bridgehead atoms. The van der Waals surface area contributed by atoms with Crippen LogP contribution >= 0.6 is 0 Å². The van der Waals surface area contributed by atoms with E-state index < -0.39 is 24.6 Å². The lowest BCUT2D eigenvalue weighted by Gasteiger charge is -2.17. The van der Waals surface area contributed by atoms with Crippen LogP contribution in [0.4, 0.5) is 0 Å². The Kier molecular flexibility index (Phi) is 4.24. The molecule has 1 heterocycles. The molecule has 4 atom stereocenters. The minimum atomic E-state index is -1.14. The Bertz CT molecular complexity index is 177. The van der Waals surface area contributed by atoms with Crippen LogP contribution in [0.2, 0.25) is 0 Å². The lowest BCUT2D eigenvalue weighted by atomic mass is 10.1. The highest BCUT2D eigenvalue weighted by atomic mass is 16.8. The van der Waals surface area contributed by atoms with Crippen LogP contribution in [-0.2, 0) is 9.57 Å². The number of aliphatic hydroxyl groups is 3. The fraction of sp³-hybridized carbons (Fsp3) is 1.00. The highest BCUT2D eigenvalue weighted by Crippen LogP contribution is 2.21. The lowest BCUT2D eigenvalue weighted by molar-refractivity contribution is -0.206. The molecule has 0 aromatic carbocycles. The van der Waals surface area contributed by atoms with Gasteiger partial charge in [0.05, 0.1) is 6.61 Å². The van der Waals surface area contributed by atoms with Gasteiger partial charge in [-0.2, -0.15) is 5.48 Å². The van der Waals surface area contributed by atoms with E-state index in [4.69, 9.17) is 14.7 Å². The topological polar surface area (TPSA) is 91.2 Å². The Balaban J connectivity index is 2.40. The summed E-state index contributed by atoms with van der Waals surface area (Å²) in [5, 5.41) is 27.5. The first-order chi connectivity index (χ1) is 6.56. The molecule has 1 aliphatic heterocycles. The van der Waals surface area contributed by atoms with Gasteiger partial charge in [0, 0.05) is 6.04 Å². The largest absolute Gasteiger partial charge is 0.394 e. The summed E-state index contributed by atoms with van der Waals surface area (Å²) in [6.07, 6.45) is -3.98. The Morgan fingerprint density at radius 3 is 2.43 bits per heavy atom. The third-order valence-electron chi connectivity index (χ3n) is 1.92. The molecule has 6 nitrogen and oxygen atoms in total. The van der Waals surface area contributed by atoms with Crippen molar-refractivity contribution in [2.75, 3.05) is 6.61 Å². The van der Waals surface area contributed by atoms with Crippen molar-refractivity contribution in [2.24, 2.45) is 0 Å². The molecule has 0 radical (unpaired) electrons. The summed E-state index contributed by atoms with van der Waals surface area (Å²) in [7, 11) is 0. The van der Waals surface area contributed by atoms with E-state index in [9.17, 15) is 10.2 Å². The van der Waals surface area contributed by atoms with E-state index in [-0.39, 0.29) is 12.6 Å². The first-order valence-electron chi connectivity index (χ1n) is 4.60. The molecule has 0 aromatic heterocycles. The Hall–Kier alpha value is -0.240. The molecule has 4 N–H and O–H groups in total. The predicted molar refractivity (Wildman–Crippen MR) is 47.1 cm³/mol. The summed E-state index contributed by atoms with van der Waals surface area (Å²) in [5.41, 5.74) is 2.61. The Labute approximate surface area is 82.4 Å². The van der Waals surface area contributed by atoms with Crippen molar-refractivity contribution < 1.29 is 24.9 Å². The Morgan fingerprint density at radius 1 is 1.36 bits per heavy atom. The lowest BCUT2D eigenvalue weighted by Crippen LogP contribution is -2.38. The SMILES string of the molecule is CC(C)NOC1O[C@H](CO)[C@H](O)[C@H]1O. The number of hydrogen-bond acceptors (Lipinski definition) is 6. The molecule has 1 rings (SSSR count). The van der Waals surface area contributed by atoms with Gasteiger partial charge in [-0.15, -0.1) is 0 Å². The molecule has 0 spiro atoms. The molecule has 0 aliphatic carbocycles. The van der Waals surface area contributed by atoms with E-state index in [0.717, 1.165) is 0 Å². The van der Waals surface area contributed by atoms with Crippen molar-refractivity contribution in [3.63, 3.8) is 0 Å². The molecule has 14 heavy (non-hydrogen) atoms. The summed E-state index contributed by atoms with van der Waals surface area (Å²) in [5.74, 6) is 0. The highest BCUT2D eigenvalue weighted by molar-refractivity contribution is 4.85. The molecule has 84 valence electrons. The van der Waals surface area contributed by atoms with Crippen LogP contribution in [0.1, 0.15) is 13.8 Å². The molecule has 6 heteroatoms. The van der Waals surface area contributed by atoms with Crippen molar-refractivity contribution in [1.29, 1.82) is 0 Å². The second kappa shape index (κ2) is 5.01. The zero-order valence-corrected chi connectivity index (χ0v) is 8.25. The van der Waals surface area contributed by atoms with Gasteiger partial charge in [0.2, 0.25) is 6.29 Å². The van der Waals surface area contributed by atoms with Crippen LogP contribution in [0.25, 0.3) is 0 Å². The first-order valence-corrected chi connectivity index (χ1v) is 4.60. The summed E-state index contributed by atoms with van der Waals surface area (Å²) in [6.45, 7) is 3.38. The summed E-state index contributed by atoms with van der Waals surface area (Å²) >= 11 is 0. The van der Waals surface area contributed by atoms with Crippen molar-refractivity contribution >= 4 is 0 Å². The van der Waals surface area contributed by atoms with Gasteiger partial charge in [0.15, 0.2) is 0 Å². The maximum absolute atomic E-state index is 9.42. The van der Waals surface area contributed by atoms with Crippen molar-refractivity contribution in [1.82, 2.24) is 5.48 Å². The number of hydrogen-bond donors (Lipinski definition) is 4. The minimum absolute atomic E-state index is 0.0797. The quantitative estimate of drug-likeness (QED) is 0.413. The van der Waals surface area contributed by atoms with Crippen molar-refractivity contribution in [2.45, 2.75) is 44.5 Å². The number of nitrogens with one attached hydrogen (secondary N) is 1. The average molecular weight is 207 g/mol. The average Bonchev–Trinajstić information content (AvgIpc) is 2.41. The number of aliphatic hydroxyl groups excluding tert-OH is 3. The van der Waals surface area contributed by atoms with Crippen LogP contribution in [0, 0.1) is 0 Å². The minimum Gasteiger partial charge on any atom is -0.394 e. The molecule has 0 amide bonds. The molecular weight excluding hydrogens is 190 g/mol. The normalized spacial score (nSPS) is 38.1. The maximum Gasteiger partial charge on any atom is 0.206 e.